The van der Waals surface area contributed by atoms with Crippen molar-refractivity contribution in [2.24, 2.45) is 0 Å². The number of rotatable bonds is 6. The number of carbonyl (C=O) groups is 1. The molecule has 2 heterocycles. The lowest BCUT2D eigenvalue weighted by atomic mass is 10.0. The van der Waals surface area contributed by atoms with Crippen molar-refractivity contribution in [1.82, 2.24) is 9.55 Å². The summed E-state index contributed by atoms with van der Waals surface area (Å²) in [6.07, 6.45) is 0. The Hall–Kier alpha value is -3.39. The zero-order chi connectivity index (χ0) is 22.8. The van der Waals surface area contributed by atoms with Gasteiger partial charge in [0.25, 0.3) is 5.56 Å². The van der Waals surface area contributed by atoms with E-state index in [0.29, 0.717) is 55.4 Å². The molecule has 0 saturated carbocycles. The van der Waals surface area contributed by atoms with E-state index in [0.717, 1.165) is 11.1 Å². The monoisotopic (exact) mass is 436 g/mol. The van der Waals surface area contributed by atoms with E-state index < -0.39 is 5.97 Å². The maximum atomic E-state index is 13.4. The summed E-state index contributed by atoms with van der Waals surface area (Å²) in [5.41, 5.74) is 3.11. The smallest absolute Gasteiger partial charge is 0.337 e. The number of carboxylic acids is 1. The number of ether oxygens (including phenoxy) is 1. The molecule has 0 spiro atoms. The Morgan fingerprint density at radius 1 is 1.25 bits per heavy atom. The van der Waals surface area contributed by atoms with Crippen molar-refractivity contribution in [1.29, 1.82) is 0 Å². The summed E-state index contributed by atoms with van der Waals surface area (Å²) in [5.74, 6) is -0.343. The highest BCUT2D eigenvalue weighted by atomic mass is 16.5. The highest BCUT2D eigenvalue weighted by Gasteiger charge is 2.22. The Labute approximate surface area is 186 Å². The Morgan fingerprint density at radius 3 is 2.66 bits per heavy atom. The van der Waals surface area contributed by atoms with E-state index >= 15 is 0 Å². The molecule has 1 aliphatic rings. The first kappa shape index (κ1) is 21.8. The molecule has 8 heteroatoms. The number of benzene rings is 2. The molecule has 0 bridgehead atoms. The Morgan fingerprint density at radius 2 is 1.97 bits per heavy atom. The van der Waals surface area contributed by atoms with E-state index in [4.69, 9.17) is 9.72 Å². The third-order valence-corrected chi connectivity index (χ3v) is 5.82. The van der Waals surface area contributed by atoms with Gasteiger partial charge in [-0.05, 0) is 44.5 Å². The van der Waals surface area contributed by atoms with Gasteiger partial charge in [-0.1, -0.05) is 18.2 Å². The first-order valence-corrected chi connectivity index (χ1v) is 10.9. The first-order valence-electron chi connectivity index (χ1n) is 10.9. The number of para-hydroxylation sites is 1. The minimum atomic E-state index is -0.993. The number of aryl methyl sites for hydroxylation is 1. The first-order chi connectivity index (χ1) is 15.4. The number of anilines is 2. The van der Waals surface area contributed by atoms with Gasteiger partial charge in [0.05, 0.1) is 35.7 Å². The number of fused-ring (bicyclic) bond motifs is 1. The van der Waals surface area contributed by atoms with Crippen molar-refractivity contribution in [2.75, 3.05) is 36.5 Å². The Kier molecular flexibility index (Phi) is 6.14. The largest absolute Gasteiger partial charge is 0.478 e. The molecule has 0 radical (unpaired) electrons. The molecule has 2 aromatic carbocycles. The Bertz CT molecular complexity index is 1210. The van der Waals surface area contributed by atoms with Gasteiger partial charge in [-0.3, -0.25) is 9.36 Å². The van der Waals surface area contributed by atoms with E-state index in [-0.39, 0.29) is 17.2 Å². The van der Waals surface area contributed by atoms with E-state index in [1.807, 2.05) is 32.9 Å². The number of nitrogens with one attached hydrogen (secondary N) is 1. The molecule has 1 aliphatic heterocycles. The molecule has 3 aromatic rings. The molecule has 1 fully saturated rings. The summed E-state index contributed by atoms with van der Waals surface area (Å²) in [6, 6.07) is 10.4. The molecule has 32 heavy (non-hydrogen) atoms. The highest BCUT2D eigenvalue weighted by molar-refractivity contribution is 5.94. The predicted molar refractivity (Wildman–Crippen MR) is 125 cm³/mol. The summed E-state index contributed by atoms with van der Waals surface area (Å²) >= 11 is 0. The zero-order valence-electron chi connectivity index (χ0n) is 18.6. The number of hydrogen-bond donors (Lipinski definition) is 2. The minimum absolute atomic E-state index is 0.0675. The zero-order valence-corrected chi connectivity index (χ0v) is 18.6. The van der Waals surface area contributed by atoms with Gasteiger partial charge < -0.3 is 20.1 Å². The summed E-state index contributed by atoms with van der Waals surface area (Å²) in [7, 11) is 0. The molecule has 1 aromatic heterocycles. The summed E-state index contributed by atoms with van der Waals surface area (Å²) < 4.78 is 7.19. The van der Waals surface area contributed by atoms with Gasteiger partial charge >= 0.3 is 5.97 Å². The van der Waals surface area contributed by atoms with Crippen molar-refractivity contribution in [3.63, 3.8) is 0 Å². The number of carboxylic acid groups (broad SMARTS) is 1. The fourth-order valence-corrected chi connectivity index (χ4v) is 4.22. The number of aromatic nitrogens is 2. The van der Waals surface area contributed by atoms with Crippen LogP contribution in [0.25, 0.3) is 10.9 Å². The summed E-state index contributed by atoms with van der Waals surface area (Å²) in [5, 5.41) is 13.4. The Balaban J connectivity index is 1.85. The van der Waals surface area contributed by atoms with Crippen LogP contribution in [0.5, 0.6) is 0 Å². The van der Waals surface area contributed by atoms with Crippen LogP contribution in [0, 0.1) is 6.92 Å². The van der Waals surface area contributed by atoms with E-state index in [1.54, 1.807) is 28.8 Å². The standard InChI is InChI=1S/C24H28N4O4/c1-4-28-22(29)19-14-15(2)13-18(21(19)26-24(28)27-9-11-32-12-10-27)16(3)25-20-8-6-5-7-17(20)23(30)31/h5-8,13-14,16,25H,4,9-12H2,1-3H3,(H,30,31)/t16-/m0/s1. The van der Waals surface area contributed by atoms with E-state index in [1.165, 1.54) is 0 Å². The van der Waals surface area contributed by atoms with Crippen LogP contribution in [0.4, 0.5) is 11.6 Å². The number of hydrogen-bond acceptors (Lipinski definition) is 6. The van der Waals surface area contributed by atoms with Gasteiger partial charge in [0, 0.05) is 30.9 Å². The average Bonchev–Trinajstić information content (AvgIpc) is 2.79. The van der Waals surface area contributed by atoms with Crippen LogP contribution in [-0.4, -0.2) is 46.9 Å². The molecule has 0 aliphatic carbocycles. The van der Waals surface area contributed by atoms with Crippen LogP contribution in [0.2, 0.25) is 0 Å². The molecule has 0 unspecified atom stereocenters. The third kappa shape index (κ3) is 4.05. The molecule has 1 atom stereocenters. The normalized spacial score (nSPS) is 15.0. The highest BCUT2D eigenvalue weighted by Crippen LogP contribution is 2.29. The van der Waals surface area contributed by atoms with Crippen molar-refractivity contribution in [2.45, 2.75) is 33.4 Å². The van der Waals surface area contributed by atoms with Gasteiger partial charge in [-0.15, -0.1) is 0 Å². The number of morpholine rings is 1. The number of nitrogens with zero attached hydrogens (tertiary/aromatic N) is 3. The third-order valence-electron chi connectivity index (χ3n) is 5.82. The molecular weight excluding hydrogens is 408 g/mol. The second kappa shape index (κ2) is 9.00. The second-order valence-electron chi connectivity index (χ2n) is 8.03. The maximum Gasteiger partial charge on any atom is 0.337 e. The van der Waals surface area contributed by atoms with E-state index in [9.17, 15) is 14.7 Å². The molecule has 8 nitrogen and oxygen atoms in total. The van der Waals surface area contributed by atoms with Crippen LogP contribution in [0.3, 0.4) is 0 Å². The van der Waals surface area contributed by atoms with Crippen LogP contribution in [-0.2, 0) is 11.3 Å². The van der Waals surface area contributed by atoms with Crippen molar-refractivity contribution < 1.29 is 14.6 Å². The molecule has 0 amide bonds. The van der Waals surface area contributed by atoms with Crippen LogP contribution in [0.1, 0.15) is 41.4 Å². The second-order valence-corrected chi connectivity index (χ2v) is 8.03. The maximum absolute atomic E-state index is 13.4. The predicted octanol–water partition coefficient (Wildman–Crippen LogP) is 3.43. The quantitative estimate of drug-likeness (QED) is 0.611. The molecule has 1 saturated heterocycles. The van der Waals surface area contributed by atoms with Gasteiger partial charge in [0.2, 0.25) is 5.95 Å². The fraction of sp³-hybridized carbons (Fsp3) is 0.375. The van der Waals surface area contributed by atoms with Crippen LogP contribution in [0.15, 0.2) is 41.2 Å². The van der Waals surface area contributed by atoms with E-state index in [2.05, 4.69) is 10.2 Å². The summed E-state index contributed by atoms with van der Waals surface area (Å²) in [4.78, 5) is 32.1. The average molecular weight is 437 g/mol. The van der Waals surface area contributed by atoms with Crippen molar-refractivity contribution >= 4 is 28.5 Å². The van der Waals surface area contributed by atoms with Gasteiger partial charge in [0.15, 0.2) is 0 Å². The van der Waals surface area contributed by atoms with Crippen molar-refractivity contribution in [3.8, 4) is 0 Å². The van der Waals surface area contributed by atoms with Crippen molar-refractivity contribution in [3.05, 3.63) is 63.4 Å². The topological polar surface area (TPSA) is 96.7 Å². The minimum Gasteiger partial charge on any atom is -0.478 e. The lowest BCUT2D eigenvalue weighted by Crippen LogP contribution is -2.40. The molecule has 4 rings (SSSR count). The van der Waals surface area contributed by atoms with Gasteiger partial charge in [-0.25, -0.2) is 9.78 Å². The van der Waals surface area contributed by atoms with Gasteiger partial charge in [-0.2, -0.15) is 0 Å². The SMILES string of the molecule is CCn1c(N2CCOCC2)nc2c([C@H](C)Nc3ccccc3C(=O)O)cc(C)cc2c1=O. The fourth-order valence-electron chi connectivity index (χ4n) is 4.22. The number of aromatic carboxylic acids is 1. The molecular formula is C24H28N4O4. The molecule has 2 N–H and O–H groups in total. The summed E-state index contributed by atoms with van der Waals surface area (Å²) in [6.45, 7) is 8.93. The lowest BCUT2D eigenvalue weighted by molar-refractivity contribution is 0.0698. The lowest BCUT2D eigenvalue weighted by Gasteiger charge is -2.30. The van der Waals surface area contributed by atoms with Crippen LogP contribution < -0.4 is 15.8 Å². The molecule has 168 valence electrons. The van der Waals surface area contributed by atoms with Gasteiger partial charge in [0.1, 0.15) is 0 Å². The van der Waals surface area contributed by atoms with Crippen LogP contribution >= 0.6 is 0 Å².